The lowest BCUT2D eigenvalue weighted by atomic mass is 10.2. The van der Waals surface area contributed by atoms with Gasteiger partial charge in [-0.2, -0.15) is 0 Å². The lowest BCUT2D eigenvalue weighted by Crippen LogP contribution is -1.96. The Bertz CT molecular complexity index is 434. The smallest absolute Gasteiger partial charge is 0.141 e. The summed E-state index contributed by atoms with van der Waals surface area (Å²) >= 11 is 3.53. The van der Waals surface area contributed by atoms with Crippen LogP contribution in [0.5, 0.6) is 0 Å². The van der Waals surface area contributed by atoms with E-state index in [1.807, 2.05) is 30.6 Å². The van der Waals surface area contributed by atoms with Crippen LogP contribution in [0.2, 0.25) is 0 Å². The molecule has 0 saturated carbocycles. The van der Waals surface area contributed by atoms with Crippen molar-refractivity contribution in [3.8, 4) is 11.4 Å². The summed E-state index contributed by atoms with van der Waals surface area (Å²) in [5.74, 6) is 1.01. The van der Waals surface area contributed by atoms with E-state index >= 15 is 0 Å². The SMILES string of the molecule is CCn1ccnc1-c1ccccc1Br. The molecule has 0 saturated heterocycles. The monoisotopic (exact) mass is 250 g/mol. The number of hydrogen-bond donors (Lipinski definition) is 0. The van der Waals surface area contributed by atoms with Gasteiger partial charge < -0.3 is 4.57 Å². The third kappa shape index (κ3) is 1.60. The molecule has 0 atom stereocenters. The van der Waals surface area contributed by atoms with Gasteiger partial charge in [0.25, 0.3) is 0 Å². The molecule has 3 heteroatoms. The average Bonchev–Trinajstić information content (AvgIpc) is 2.66. The van der Waals surface area contributed by atoms with Gasteiger partial charge in [-0.1, -0.05) is 34.1 Å². The Morgan fingerprint density at radius 2 is 2.14 bits per heavy atom. The van der Waals surface area contributed by atoms with E-state index in [-0.39, 0.29) is 0 Å². The number of hydrogen-bond acceptors (Lipinski definition) is 1. The minimum atomic E-state index is 0.941. The van der Waals surface area contributed by atoms with Gasteiger partial charge in [0, 0.05) is 29.0 Å². The second kappa shape index (κ2) is 3.96. The Morgan fingerprint density at radius 3 is 2.86 bits per heavy atom. The van der Waals surface area contributed by atoms with Gasteiger partial charge in [-0.25, -0.2) is 4.98 Å². The van der Waals surface area contributed by atoms with Crippen LogP contribution in [0, 0.1) is 0 Å². The molecule has 2 aromatic rings. The van der Waals surface area contributed by atoms with E-state index in [2.05, 4.69) is 38.5 Å². The quantitative estimate of drug-likeness (QED) is 0.800. The van der Waals surface area contributed by atoms with Gasteiger partial charge >= 0.3 is 0 Å². The van der Waals surface area contributed by atoms with Gasteiger partial charge in [0.2, 0.25) is 0 Å². The zero-order valence-electron chi connectivity index (χ0n) is 7.94. The van der Waals surface area contributed by atoms with Crippen LogP contribution < -0.4 is 0 Å². The van der Waals surface area contributed by atoms with Crippen molar-refractivity contribution in [2.24, 2.45) is 0 Å². The maximum absolute atomic E-state index is 4.35. The van der Waals surface area contributed by atoms with E-state index in [1.54, 1.807) is 0 Å². The summed E-state index contributed by atoms with van der Waals surface area (Å²) in [4.78, 5) is 4.35. The first-order valence-electron chi connectivity index (χ1n) is 4.59. The van der Waals surface area contributed by atoms with Crippen LogP contribution in [0.25, 0.3) is 11.4 Å². The molecule has 1 heterocycles. The molecule has 14 heavy (non-hydrogen) atoms. The second-order valence-electron chi connectivity index (χ2n) is 3.02. The molecular weight excluding hydrogens is 240 g/mol. The van der Waals surface area contributed by atoms with E-state index in [9.17, 15) is 0 Å². The minimum Gasteiger partial charge on any atom is -0.331 e. The highest BCUT2D eigenvalue weighted by atomic mass is 79.9. The minimum absolute atomic E-state index is 0.941. The fraction of sp³-hybridized carbons (Fsp3) is 0.182. The fourth-order valence-corrected chi connectivity index (χ4v) is 1.91. The Balaban J connectivity index is 2.54. The third-order valence-corrected chi connectivity index (χ3v) is 2.86. The predicted octanol–water partition coefficient (Wildman–Crippen LogP) is 3.33. The highest BCUT2D eigenvalue weighted by Gasteiger charge is 2.06. The number of halogens is 1. The number of aromatic nitrogens is 2. The van der Waals surface area contributed by atoms with Gasteiger partial charge in [0.1, 0.15) is 5.82 Å². The van der Waals surface area contributed by atoms with E-state index in [0.717, 1.165) is 22.4 Å². The molecule has 0 spiro atoms. The Morgan fingerprint density at radius 1 is 1.36 bits per heavy atom. The van der Waals surface area contributed by atoms with E-state index in [0.29, 0.717) is 0 Å². The number of benzene rings is 1. The highest BCUT2D eigenvalue weighted by molar-refractivity contribution is 9.10. The maximum Gasteiger partial charge on any atom is 0.141 e. The van der Waals surface area contributed by atoms with E-state index < -0.39 is 0 Å². The van der Waals surface area contributed by atoms with E-state index in [4.69, 9.17) is 0 Å². The summed E-state index contributed by atoms with van der Waals surface area (Å²) in [7, 11) is 0. The van der Waals surface area contributed by atoms with Crippen molar-refractivity contribution in [2.75, 3.05) is 0 Å². The van der Waals surface area contributed by atoms with Crippen molar-refractivity contribution >= 4 is 15.9 Å². The number of imidazole rings is 1. The van der Waals surface area contributed by atoms with Crippen molar-refractivity contribution in [1.82, 2.24) is 9.55 Å². The van der Waals surface area contributed by atoms with Crippen LogP contribution >= 0.6 is 15.9 Å². The van der Waals surface area contributed by atoms with Gasteiger partial charge in [-0.3, -0.25) is 0 Å². The molecule has 0 aliphatic rings. The Kier molecular flexibility index (Phi) is 2.68. The fourth-order valence-electron chi connectivity index (χ4n) is 1.45. The molecule has 0 radical (unpaired) electrons. The molecule has 2 rings (SSSR count). The van der Waals surface area contributed by atoms with Crippen molar-refractivity contribution in [1.29, 1.82) is 0 Å². The first-order chi connectivity index (χ1) is 6.83. The van der Waals surface area contributed by atoms with Gasteiger partial charge in [-0.05, 0) is 13.0 Å². The summed E-state index contributed by atoms with van der Waals surface area (Å²) < 4.78 is 3.21. The van der Waals surface area contributed by atoms with Gasteiger partial charge in [-0.15, -0.1) is 0 Å². The molecule has 0 fully saturated rings. The van der Waals surface area contributed by atoms with Crippen LogP contribution in [0.15, 0.2) is 41.1 Å². The van der Waals surface area contributed by atoms with Crippen LogP contribution in [0.4, 0.5) is 0 Å². The van der Waals surface area contributed by atoms with Crippen molar-refractivity contribution < 1.29 is 0 Å². The number of rotatable bonds is 2. The molecule has 0 amide bonds. The zero-order valence-corrected chi connectivity index (χ0v) is 9.53. The average molecular weight is 251 g/mol. The van der Waals surface area contributed by atoms with Gasteiger partial charge in [0.05, 0.1) is 0 Å². The molecule has 1 aromatic heterocycles. The summed E-state index contributed by atoms with van der Waals surface area (Å²) in [5, 5.41) is 0. The lowest BCUT2D eigenvalue weighted by Gasteiger charge is -2.06. The second-order valence-corrected chi connectivity index (χ2v) is 3.87. The molecule has 0 N–H and O–H groups in total. The highest BCUT2D eigenvalue weighted by Crippen LogP contribution is 2.26. The number of aryl methyl sites for hydroxylation is 1. The number of nitrogens with zero attached hydrogens (tertiary/aromatic N) is 2. The summed E-state index contributed by atoms with van der Waals surface area (Å²) in [5.41, 5.74) is 1.14. The standard InChI is InChI=1S/C11H11BrN2/c1-2-14-8-7-13-11(14)9-5-3-4-6-10(9)12/h3-8H,2H2,1H3. The van der Waals surface area contributed by atoms with Crippen LogP contribution in [0.3, 0.4) is 0 Å². The first-order valence-corrected chi connectivity index (χ1v) is 5.38. The molecule has 0 unspecified atom stereocenters. The molecule has 72 valence electrons. The van der Waals surface area contributed by atoms with Crippen LogP contribution in [0.1, 0.15) is 6.92 Å². The zero-order chi connectivity index (χ0) is 9.97. The summed E-state index contributed by atoms with van der Waals surface area (Å²) in [6, 6.07) is 8.13. The molecule has 1 aromatic carbocycles. The molecule has 0 aliphatic heterocycles. The van der Waals surface area contributed by atoms with Crippen LogP contribution in [-0.2, 0) is 6.54 Å². The van der Waals surface area contributed by atoms with Crippen molar-refractivity contribution in [3.05, 3.63) is 41.1 Å². The largest absolute Gasteiger partial charge is 0.331 e. The van der Waals surface area contributed by atoms with E-state index in [1.165, 1.54) is 0 Å². The van der Waals surface area contributed by atoms with Gasteiger partial charge in [0.15, 0.2) is 0 Å². The molecular formula is C11H11BrN2. The Hall–Kier alpha value is -1.09. The molecule has 0 aliphatic carbocycles. The molecule has 2 nitrogen and oxygen atoms in total. The maximum atomic E-state index is 4.35. The predicted molar refractivity (Wildman–Crippen MR) is 61.0 cm³/mol. The van der Waals surface area contributed by atoms with Crippen LogP contribution in [-0.4, -0.2) is 9.55 Å². The van der Waals surface area contributed by atoms with Crippen molar-refractivity contribution in [2.45, 2.75) is 13.5 Å². The molecule has 0 bridgehead atoms. The third-order valence-electron chi connectivity index (χ3n) is 2.17. The normalized spacial score (nSPS) is 10.4. The van der Waals surface area contributed by atoms with Crippen molar-refractivity contribution in [3.63, 3.8) is 0 Å². The summed E-state index contributed by atoms with van der Waals surface area (Å²) in [6.07, 6.45) is 3.83. The Labute approximate surface area is 91.7 Å². The summed E-state index contributed by atoms with van der Waals surface area (Å²) in [6.45, 7) is 3.05. The topological polar surface area (TPSA) is 17.8 Å². The lowest BCUT2D eigenvalue weighted by molar-refractivity contribution is 0.770. The first kappa shape index (κ1) is 9.46.